The van der Waals surface area contributed by atoms with Gasteiger partial charge < -0.3 is 25.2 Å². The number of likely N-dealkylation sites (N-methyl/N-ethyl adjacent to an activating group) is 1. The van der Waals surface area contributed by atoms with E-state index in [0.717, 1.165) is 37.2 Å². The first-order chi connectivity index (χ1) is 18.8. The largest absolute Gasteiger partial charge is 0.415 e. The van der Waals surface area contributed by atoms with E-state index in [1.807, 2.05) is 35.2 Å². The topological polar surface area (TPSA) is 92.0 Å². The zero-order valence-corrected chi connectivity index (χ0v) is 22.4. The molecule has 2 amide bonds. The van der Waals surface area contributed by atoms with Crippen LogP contribution >= 0.6 is 11.6 Å². The second-order valence-corrected chi connectivity index (χ2v) is 10.5. The molecule has 10 heteroatoms. The van der Waals surface area contributed by atoms with Gasteiger partial charge in [0.15, 0.2) is 0 Å². The van der Waals surface area contributed by atoms with Gasteiger partial charge in [0.05, 0.1) is 17.9 Å². The van der Waals surface area contributed by atoms with Gasteiger partial charge in [-0.2, -0.15) is 0 Å². The van der Waals surface area contributed by atoms with Gasteiger partial charge >= 0.3 is 6.09 Å². The number of pyridine rings is 1. The summed E-state index contributed by atoms with van der Waals surface area (Å²) in [5, 5.41) is 0.619. The van der Waals surface area contributed by atoms with Crippen molar-refractivity contribution in [3.8, 4) is 5.75 Å². The number of aromatic nitrogens is 1. The first kappa shape index (κ1) is 26.7. The molecule has 39 heavy (non-hydrogen) atoms. The van der Waals surface area contributed by atoms with Crippen LogP contribution in [0.2, 0.25) is 5.02 Å². The number of ether oxygens (including phenoxy) is 1. The first-order valence-corrected chi connectivity index (χ1v) is 13.4. The lowest BCUT2D eigenvalue weighted by molar-refractivity contribution is -0.135. The molecule has 3 heterocycles. The summed E-state index contributed by atoms with van der Waals surface area (Å²) in [5.41, 5.74) is 7.70. The van der Waals surface area contributed by atoms with Crippen molar-refractivity contribution in [1.29, 1.82) is 0 Å². The fourth-order valence-electron chi connectivity index (χ4n) is 5.43. The normalized spacial score (nSPS) is 19.7. The summed E-state index contributed by atoms with van der Waals surface area (Å²) in [7, 11) is 1.67. The van der Waals surface area contributed by atoms with Crippen molar-refractivity contribution in [3.05, 3.63) is 83.3 Å². The molecule has 2 fully saturated rings. The molecular formula is C29H31ClFN5O3. The Morgan fingerprint density at radius 1 is 1.03 bits per heavy atom. The number of hydrogen-bond donors (Lipinski definition) is 1. The number of carbonyl (C=O) groups excluding carboxylic acids is 2. The fourth-order valence-corrected chi connectivity index (χ4v) is 5.56. The fraction of sp³-hybridized carbons (Fsp3) is 0.345. The summed E-state index contributed by atoms with van der Waals surface area (Å²) in [6, 6.07) is 16.2. The van der Waals surface area contributed by atoms with Crippen molar-refractivity contribution in [2.75, 3.05) is 43.9 Å². The number of piperidine rings is 1. The molecule has 0 saturated carbocycles. The van der Waals surface area contributed by atoms with E-state index in [1.54, 1.807) is 19.3 Å². The Balaban J connectivity index is 1.28. The Kier molecular flexibility index (Phi) is 7.88. The van der Waals surface area contributed by atoms with Crippen LogP contribution in [0.1, 0.15) is 24.3 Å². The van der Waals surface area contributed by atoms with E-state index in [9.17, 15) is 14.0 Å². The Morgan fingerprint density at radius 2 is 1.72 bits per heavy atom. The molecule has 3 aromatic rings. The molecule has 2 aliphatic heterocycles. The molecule has 0 aliphatic carbocycles. The third-order valence-corrected chi connectivity index (χ3v) is 7.94. The second-order valence-electron chi connectivity index (χ2n) is 10.1. The highest BCUT2D eigenvalue weighted by atomic mass is 35.5. The number of anilines is 2. The lowest BCUT2D eigenvalue weighted by Gasteiger charge is -2.34. The Hall–Kier alpha value is -3.85. The number of hydrogen-bond acceptors (Lipinski definition) is 6. The molecule has 5 rings (SSSR count). The minimum Gasteiger partial charge on any atom is -0.410 e. The maximum Gasteiger partial charge on any atom is 0.415 e. The van der Waals surface area contributed by atoms with Gasteiger partial charge in [-0.3, -0.25) is 4.79 Å². The molecule has 0 unspecified atom stereocenters. The summed E-state index contributed by atoms with van der Waals surface area (Å²) < 4.78 is 18.8. The van der Waals surface area contributed by atoms with Gasteiger partial charge in [0.1, 0.15) is 17.4 Å². The van der Waals surface area contributed by atoms with Crippen molar-refractivity contribution in [3.63, 3.8) is 0 Å². The van der Waals surface area contributed by atoms with Gasteiger partial charge in [-0.1, -0.05) is 23.7 Å². The van der Waals surface area contributed by atoms with Gasteiger partial charge in [-0.05, 0) is 66.9 Å². The van der Waals surface area contributed by atoms with E-state index in [0.29, 0.717) is 23.9 Å². The van der Waals surface area contributed by atoms with Gasteiger partial charge in [0.2, 0.25) is 5.91 Å². The van der Waals surface area contributed by atoms with Crippen molar-refractivity contribution in [1.82, 2.24) is 14.8 Å². The third-order valence-electron chi connectivity index (χ3n) is 7.68. The number of carbonyl (C=O) groups is 2. The van der Waals surface area contributed by atoms with E-state index in [2.05, 4.69) is 9.88 Å². The molecule has 2 N–H and O–H groups in total. The average Bonchev–Trinajstić information content (AvgIpc) is 3.40. The summed E-state index contributed by atoms with van der Waals surface area (Å²) >= 11 is 6.12. The maximum atomic E-state index is 13.7. The Labute approximate surface area is 232 Å². The van der Waals surface area contributed by atoms with Crippen LogP contribution in [-0.2, 0) is 4.79 Å². The van der Waals surface area contributed by atoms with Crippen LogP contribution in [0.25, 0.3) is 0 Å². The Morgan fingerprint density at radius 3 is 2.36 bits per heavy atom. The number of nitrogens with two attached hydrogens (primary N) is 1. The predicted octanol–water partition coefficient (Wildman–Crippen LogP) is 4.80. The van der Waals surface area contributed by atoms with Crippen LogP contribution in [0.3, 0.4) is 0 Å². The van der Waals surface area contributed by atoms with E-state index in [1.165, 1.54) is 29.2 Å². The van der Waals surface area contributed by atoms with Crippen LogP contribution in [0.15, 0.2) is 66.9 Å². The average molecular weight is 552 g/mol. The van der Waals surface area contributed by atoms with Crippen molar-refractivity contribution >= 4 is 35.1 Å². The molecule has 0 spiro atoms. The lowest BCUT2D eigenvalue weighted by Crippen LogP contribution is -2.45. The highest BCUT2D eigenvalue weighted by molar-refractivity contribution is 6.30. The number of nitrogens with zero attached hydrogens (tertiary/aromatic N) is 4. The summed E-state index contributed by atoms with van der Waals surface area (Å²) in [5.74, 6) is 0.222. The molecule has 1 aromatic heterocycles. The zero-order valence-electron chi connectivity index (χ0n) is 21.7. The monoisotopic (exact) mass is 551 g/mol. The third kappa shape index (κ3) is 6.09. The number of halogens is 2. The molecule has 2 aliphatic rings. The highest BCUT2D eigenvalue weighted by Gasteiger charge is 2.42. The van der Waals surface area contributed by atoms with Crippen LogP contribution < -0.4 is 15.4 Å². The van der Waals surface area contributed by atoms with E-state index in [4.69, 9.17) is 22.1 Å². The molecular weight excluding hydrogens is 521 g/mol. The molecule has 204 valence electrons. The van der Waals surface area contributed by atoms with Crippen molar-refractivity contribution < 1.29 is 18.7 Å². The Bertz CT molecular complexity index is 1300. The van der Waals surface area contributed by atoms with Crippen LogP contribution in [0, 0.1) is 11.7 Å². The predicted molar refractivity (Wildman–Crippen MR) is 148 cm³/mol. The number of rotatable bonds is 5. The van der Waals surface area contributed by atoms with Crippen LogP contribution in [0.5, 0.6) is 5.75 Å². The number of likely N-dealkylation sites (tertiary alicyclic amines) is 1. The molecule has 2 saturated heterocycles. The number of benzene rings is 2. The van der Waals surface area contributed by atoms with Crippen LogP contribution in [0.4, 0.5) is 20.7 Å². The van der Waals surface area contributed by atoms with E-state index in [-0.39, 0.29) is 29.5 Å². The smallest absolute Gasteiger partial charge is 0.410 e. The lowest BCUT2D eigenvalue weighted by atomic mass is 9.93. The standard InChI is InChI=1S/C29H31ClFN5O3/c1-34(29(38)39-24-9-6-22(31)7-10-24)26-18-36(17-25(26)19-2-4-21(30)5-3-19)28(37)20-12-14-35(15-13-20)23-8-11-27(32)33-16-23/h2-11,16,20,25-26H,12-15,17-18H2,1H3,(H2,32,33)/t25-,26+/m0/s1. The number of nitrogen functional groups attached to an aromatic ring is 1. The zero-order chi connectivity index (χ0) is 27.5. The van der Waals surface area contributed by atoms with Crippen molar-refractivity contribution in [2.45, 2.75) is 24.8 Å². The summed E-state index contributed by atoms with van der Waals surface area (Å²) in [4.78, 5) is 36.5. The molecule has 8 nitrogen and oxygen atoms in total. The summed E-state index contributed by atoms with van der Waals surface area (Å²) in [6.07, 6.45) is 2.67. The maximum absolute atomic E-state index is 13.7. The molecule has 2 atom stereocenters. The SMILES string of the molecule is CN(C(=O)Oc1ccc(F)cc1)[C@@H]1CN(C(=O)C2CCN(c3ccc(N)nc3)CC2)C[C@H]1c1ccc(Cl)cc1. The minimum absolute atomic E-state index is 0.0934. The quantitative estimate of drug-likeness (QED) is 0.490. The van der Waals surface area contributed by atoms with Crippen molar-refractivity contribution in [2.24, 2.45) is 5.92 Å². The van der Waals surface area contributed by atoms with Gasteiger partial charge in [0, 0.05) is 50.1 Å². The molecule has 2 aromatic carbocycles. The molecule has 0 radical (unpaired) electrons. The second kappa shape index (κ2) is 11.5. The van der Waals surface area contributed by atoms with Gasteiger partial charge in [0.25, 0.3) is 0 Å². The minimum atomic E-state index is -0.565. The highest BCUT2D eigenvalue weighted by Crippen LogP contribution is 2.34. The number of amides is 2. The van der Waals surface area contributed by atoms with Gasteiger partial charge in [-0.15, -0.1) is 0 Å². The van der Waals surface area contributed by atoms with Gasteiger partial charge in [-0.25, -0.2) is 14.2 Å². The van der Waals surface area contributed by atoms with Crippen LogP contribution in [-0.4, -0.2) is 66.1 Å². The first-order valence-electron chi connectivity index (χ1n) is 13.0. The summed E-state index contributed by atoms with van der Waals surface area (Å²) in [6.45, 7) is 2.39. The molecule has 0 bridgehead atoms. The van der Waals surface area contributed by atoms with E-state index < -0.39 is 11.9 Å². The van der Waals surface area contributed by atoms with E-state index >= 15 is 0 Å².